The average molecular weight is 218 g/mol. The third-order valence-corrected chi connectivity index (χ3v) is 3.56. The lowest BCUT2D eigenvalue weighted by Gasteiger charge is -2.14. The molecule has 0 atom stereocenters. The number of hydrazine groups is 1. The molecule has 1 aromatic carbocycles. The van der Waals surface area contributed by atoms with Gasteiger partial charge in [-0.15, -0.1) is 0 Å². The van der Waals surface area contributed by atoms with Crippen LogP contribution in [0.3, 0.4) is 0 Å². The van der Waals surface area contributed by atoms with Crippen LogP contribution in [-0.2, 0) is 16.6 Å². The Morgan fingerprint density at radius 3 is 2.94 bits per heavy atom. The number of nitrogens with two attached hydrogens (primary N) is 1. The largest absolute Gasteiger partial charge is 0.493 e. The Balaban J connectivity index is 1.99. The van der Waals surface area contributed by atoms with Crippen molar-refractivity contribution in [2.45, 2.75) is 24.7 Å². The third kappa shape index (κ3) is 1.23. The number of carbonyl (C=O) groups excluding carboxylic acids is 1. The molecule has 1 aromatic rings. The van der Waals surface area contributed by atoms with E-state index >= 15 is 0 Å². The maximum atomic E-state index is 11.7. The molecule has 16 heavy (non-hydrogen) atoms. The molecule has 1 heterocycles. The molecule has 3 N–H and O–H groups in total. The summed E-state index contributed by atoms with van der Waals surface area (Å²) >= 11 is 0. The van der Waals surface area contributed by atoms with Gasteiger partial charge in [-0.25, -0.2) is 5.84 Å². The Morgan fingerprint density at radius 1 is 1.44 bits per heavy atom. The number of hydrogen-bond acceptors (Lipinski definition) is 3. The van der Waals surface area contributed by atoms with Gasteiger partial charge in [-0.2, -0.15) is 0 Å². The summed E-state index contributed by atoms with van der Waals surface area (Å²) in [5.74, 6) is 6.10. The predicted molar refractivity (Wildman–Crippen MR) is 58.9 cm³/mol. The van der Waals surface area contributed by atoms with E-state index in [0.29, 0.717) is 0 Å². The van der Waals surface area contributed by atoms with Crippen LogP contribution in [0.1, 0.15) is 24.0 Å². The summed E-state index contributed by atoms with van der Waals surface area (Å²) in [7, 11) is 0. The summed E-state index contributed by atoms with van der Waals surface area (Å²) in [6, 6.07) is 6.03. The highest BCUT2D eigenvalue weighted by molar-refractivity contribution is 5.90. The van der Waals surface area contributed by atoms with E-state index in [1.54, 1.807) is 0 Å². The zero-order valence-electron chi connectivity index (χ0n) is 8.95. The van der Waals surface area contributed by atoms with E-state index in [9.17, 15) is 4.79 Å². The van der Waals surface area contributed by atoms with Crippen molar-refractivity contribution in [3.8, 4) is 5.75 Å². The molecule has 0 saturated heterocycles. The molecule has 0 radical (unpaired) electrons. The number of nitrogens with one attached hydrogen (secondary N) is 1. The number of benzene rings is 1. The second kappa shape index (κ2) is 3.22. The molecule has 4 nitrogen and oxygen atoms in total. The summed E-state index contributed by atoms with van der Waals surface area (Å²) in [6.07, 6.45) is 2.70. The molecule has 1 saturated carbocycles. The molecule has 1 aliphatic carbocycles. The second-order valence-electron chi connectivity index (χ2n) is 4.48. The van der Waals surface area contributed by atoms with Crippen molar-refractivity contribution in [1.82, 2.24) is 5.43 Å². The highest BCUT2D eigenvalue weighted by Crippen LogP contribution is 2.49. The van der Waals surface area contributed by atoms with Gasteiger partial charge < -0.3 is 4.74 Å². The van der Waals surface area contributed by atoms with Crippen LogP contribution in [0.15, 0.2) is 18.2 Å². The minimum Gasteiger partial charge on any atom is -0.493 e. The van der Waals surface area contributed by atoms with E-state index in [0.717, 1.165) is 37.2 Å². The first-order valence-corrected chi connectivity index (χ1v) is 5.53. The van der Waals surface area contributed by atoms with Gasteiger partial charge in [0.15, 0.2) is 0 Å². The van der Waals surface area contributed by atoms with Gasteiger partial charge >= 0.3 is 0 Å². The fourth-order valence-corrected chi connectivity index (χ4v) is 2.39. The van der Waals surface area contributed by atoms with Crippen LogP contribution in [0, 0.1) is 0 Å². The molecule has 3 rings (SSSR count). The summed E-state index contributed by atoms with van der Waals surface area (Å²) in [5, 5.41) is 0. The standard InChI is InChI=1S/C12H14N2O2/c13-14-11(15)12(4-5-12)9-1-2-10-8(7-9)3-6-16-10/h1-2,7H,3-6,13H2,(H,14,15). The van der Waals surface area contributed by atoms with Gasteiger partial charge in [-0.3, -0.25) is 10.2 Å². The van der Waals surface area contributed by atoms with Gasteiger partial charge in [-0.05, 0) is 30.0 Å². The molecule has 1 fully saturated rings. The van der Waals surface area contributed by atoms with E-state index in [1.807, 2.05) is 12.1 Å². The maximum absolute atomic E-state index is 11.7. The number of rotatable bonds is 2. The fourth-order valence-electron chi connectivity index (χ4n) is 2.39. The monoisotopic (exact) mass is 218 g/mol. The lowest BCUT2D eigenvalue weighted by atomic mass is 9.93. The van der Waals surface area contributed by atoms with Gasteiger partial charge in [0.25, 0.3) is 0 Å². The van der Waals surface area contributed by atoms with Crippen molar-refractivity contribution in [2.75, 3.05) is 6.61 Å². The van der Waals surface area contributed by atoms with Crippen molar-refractivity contribution in [3.63, 3.8) is 0 Å². The average Bonchev–Trinajstić information content (AvgIpc) is 3.00. The van der Waals surface area contributed by atoms with Crippen LogP contribution in [0.5, 0.6) is 5.75 Å². The van der Waals surface area contributed by atoms with Crippen LogP contribution < -0.4 is 16.0 Å². The minimum absolute atomic E-state index is 0.0774. The molecular formula is C12H14N2O2. The van der Waals surface area contributed by atoms with Crippen LogP contribution >= 0.6 is 0 Å². The first-order valence-electron chi connectivity index (χ1n) is 5.53. The van der Waals surface area contributed by atoms with Crippen molar-refractivity contribution >= 4 is 5.91 Å². The van der Waals surface area contributed by atoms with Crippen LogP contribution in [0.4, 0.5) is 0 Å². The first-order chi connectivity index (χ1) is 7.76. The van der Waals surface area contributed by atoms with Crippen molar-refractivity contribution < 1.29 is 9.53 Å². The van der Waals surface area contributed by atoms with Gasteiger partial charge in [0.1, 0.15) is 5.75 Å². The highest BCUT2D eigenvalue weighted by Gasteiger charge is 2.51. The van der Waals surface area contributed by atoms with Crippen molar-refractivity contribution in [3.05, 3.63) is 29.3 Å². The topological polar surface area (TPSA) is 64.3 Å². The Bertz CT molecular complexity index is 452. The van der Waals surface area contributed by atoms with Crippen LogP contribution in [0.2, 0.25) is 0 Å². The summed E-state index contributed by atoms with van der Waals surface area (Å²) in [6.45, 7) is 0.745. The minimum atomic E-state index is -0.369. The number of amides is 1. The van der Waals surface area contributed by atoms with Crippen LogP contribution in [0.25, 0.3) is 0 Å². The number of fused-ring (bicyclic) bond motifs is 1. The van der Waals surface area contributed by atoms with Gasteiger partial charge in [-0.1, -0.05) is 12.1 Å². The number of ether oxygens (including phenoxy) is 1. The number of carbonyl (C=O) groups is 1. The summed E-state index contributed by atoms with van der Waals surface area (Å²) in [4.78, 5) is 11.7. The van der Waals surface area contributed by atoms with Crippen LogP contribution in [-0.4, -0.2) is 12.5 Å². The van der Waals surface area contributed by atoms with E-state index < -0.39 is 0 Å². The molecule has 1 amide bonds. The predicted octanol–water partition coefficient (Wildman–Crippen LogP) is 0.643. The lowest BCUT2D eigenvalue weighted by molar-refractivity contribution is -0.123. The zero-order valence-corrected chi connectivity index (χ0v) is 8.95. The van der Waals surface area contributed by atoms with Gasteiger partial charge in [0.05, 0.1) is 12.0 Å². The maximum Gasteiger partial charge on any atom is 0.244 e. The highest BCUT2D eigenvalue weighted by atomic mass is 16.5. The molecule has 0 bridgehead atoms. The van der Waals surface area contributed by atoms with Crippen molar-refractivity contribution in [2.24, 2.45) is 5.84 Å². The van der Waals surface area contributed by atoms with Gasteiger partial charge in [0, 0.05) is 6.42 Å². The summed E-state index contributed by atoms with van der Waals surface area (Å²) in [5.41, 5.74) is 4.17. The molecule has 0 aromatic heterocycles. The summed E-state index contributed by atoms with van der Waals surface area (Å²) < 4.78 is 5.45. The molecule has 0 unspecified atom stereocenters. The third-order valence-electron chi connectivity index (χ3n) is 3.56. The number of hydrogen-bond donors (Lipinski definition) is 2. The Morgan fingerprint density at radius 2 is 2.25 bits per heavy atom. The van der Waals surface area contributed by atoms with Gasteiger partial charge in [0.2, 0.25) is 5.91 Å². The molecular weight excluding hydrogens is 204 g/mol. The SMILES string of the molecule is NNC(=O)C1(c2ccc3c(c2)CCO3)CC1. The molecule has 1 aliphatic heterocycles. The molecule has 2 aliphatic rings. The molecule has 4 heteroatoms. The van der Waals surface area contributed by atoms with E-state index in [4.69, 9.17) is 10.6 Å². The Kier molecular flexibility index (Phi) is 1.94. The van der Waals surface area contributed by atoms with E-state index in [1.165, 1.54) is 5.56 Å². The van der Waals surface area contributed by atoms with E-state index in [-0.39, 0.29) is 11.3 Å². The normalized spacial score (nSPS) is 19.8. The van der Waals surface area contributed by atoms with Crippen molar-refractivity contribution in [1.29, 1.82) is 0 Å². The Labute approximate surface area is 93.7 Å². The lowest BCUT2D eigenvalue weighted by Crippen LogP contribution is -2.39. The molecule has 0 spiro atoms. The first kappa shape index (κ1) is 9.66. The Hall–Kier alpha value is -1.55. The fraction of sp³-hybridized carbons (Fsp3) is 0.417. The second-order valence-corrected chi connectivity index (χ2v) is 4.48. The van der Waals surface area contributed by atoms with E-state index in [2.05, 4.69) is 11.5 Å². The smallest absolute Gasteiger partial charge is 0.244 e. The zero-order chi connectivity index (χ0) is 11.2. The quantitative estimate of drug-likeness (QED) is 0.435. The molecule has 84 valence electrons.